The van der Waals surface area contributed by atoms with Crippen molar-refractivity contribution in [1.29, 1.82) is 5.26 Å². The lowest BCUT2D eigenvalue weighted by atomic mass is 10.1. The molecule has 0 saturated heterocycles. The van der Waals surface area contributed by atoms with Gasteiger partial charge in [0.05, 0.1) is 30.4 Å². The molecule has 0 saturated carbocycles. The number of nitrogens with zero attached hydrogens (tertiary/aromatic N) is 2. The zero-order chi connectivity index (χ0) is 11.3. The summed E-state index contributed by atoms with van der Waals surface area (Å²) in [5.41, 5.74) is 1.92. The van der Waals surface area contributed by atoms with E-state index < -0.39 is 0 Å². The number of aryl methyl sites for hydroxylation is 1. The van der Waals surface area contributed by atoms with E-state index in [1.54, 1.807) is 26.1 Å². The molecule has 1 aromatic rings. The number of carbonyl (C=O) groups is 1. The average molecular weight is 204 g/mol. The van der Waals surface area contributed by atoms with Crippen LogP contribution in [0.3, 0.4) is 0 Å². The Morgan fingerprint density at radius 3 is 3.00 bits per heavy atom. The van der Waals surface area contributed by atoms with Crippen LogP contribution in [-0.4, -0.2) is 17.6 Å². The van der Waals surface area contributed by atoms with Crippen LogP contribution >= 0.6 is 0 Å². The maximum Gasteiger partial charge on any atom is 0.311 e. The van der Waals surface area contributed by atoms with Crippen molar-refractivity contribution < 1.29 is 9.53 Å². The van der Waals surface area contributed by atoms with Crippen molar-refractivity contribution in [3.63, 3.8) is 0 Å². The van der Waals surface area contributed by atoms with Gasteiger partial charge in [-0.1, -0.05) is 0 Å². The van der Waals surface area contributed by atoms with Gasteiger partial charge in [-0.05, 0) is 25.5 Å². The molecule has 0 aliphatic carbocycles. The number of rotatable bonds is 3. The summed E-state index contributed by atoms with van der Waals surface area (Å²) in [7, 11) is 0. The standard InChI is InChI=1S/C11H12N2O2/c1-3-15-11(14)5-10-4-9(6-12)8(2)7-13-10/h4,7H,3,5H2,1-2H3. The molecule has 0 spiro atoms. The van der Waals surface area contributed by atoms with E-state index >= 15 is 0 Å². The number of hydrogen-bond acceptors (Lipinski definition) is 4. The summed E-state index contributed by atoms with van der Waals surface area (Å²) in [6, 6.07) is 3.67. The minimum atomic E-state index is -0.322. The minimum absolute atomic E-state index is 0.114. The van der Waals surface area contributed by atoms with Gasteiger partial charge in [-0.2, -0.15) is 5.26 Å². The Balaban J connectivity index is 2.80. The quantitative estimate of drug-likeness (QED) is 0.697. The summed E-state index contributed by atoms with van der Waals surface area (Å²) < 4.78 is 4.79. The van der Waals surface area contributed by atoms with Crippen LogP contribution in [0.1, 0.15) is 23.7 Å². The Kier molecular flexibility index (Phi) is 3.81. The van der Waals surface area contributed by atoms with Crippen molar-refractivity contribution in [3.05, 3.63) is 29.1 Å². The third-order valence-electron chi connectivity index (χ3n) is 1.91. The molecule has 0 unspecified atom stereocenters. The van der Waals surface area contributed by atoms with E-state index in [4.69, 9.17) is 10.00 Å². The molecule has 1 rings (SSSR count). The SMILES string of the molecule is CCOC(=O)Cc1cc(C#N)c(C)cn1. The summed E-state index contributed by atoms with van der Waals surface area (Å²) in [6.07, 6.45) is 1.70. The molecule has 1 aromatic heterocycles. The highest BCUT2D eigenvalue weighted by atomic mass is 16.5. The van der Waals surface area contributed by atoms with E-state index in [9.17, 15) is 4.79 Å². The Labute approximate surface area is 88.5 Å². The minimum Gasteiger partial charge on any atom is -0.466 e. The summed E-state index contributed by atoms with van der Waals surface area (Å²) in [5.74, 6) is -0.322. The molecule has 4 nitrogen and oxygen atoms in total. The van der Waals surface area contributed by atoms with Crippen LogP contribution < -0.4 is 0 Å². The Bertz CT molecular complexity index is 408. The third kappa shape index (κ3) is 3.06. The molecule has 0 fully saturated rings. The molecular weight excluding hydrogens is 192 g/mol. The lowest BCUT2D eigenvalue weighted by Gasteiger charge is -2.02. The molecular formula is C11H12N2O2. The molecule has 0 aromatic carbocycles. The molecule has 0 bridgehead atoms. The van der Waals surface area contributed by atoms with Crippen LogP contribution in [0.25, 0.3) is 0 Å². The molecule has 0 N–H and O–H groups in total. The van der Waals surface area contributed by atoms with Crippen molar-refractivity contribution in [3.8, 4) is 6.07 Å². The number of nitriles is 1. The third-order valence-corrected chi connectivity index (χ3v) is 1.91. The van der Waals surface area contributed by atoms with Crippen molar-refractivity contribution in [2.75, 3.05) is 6.61 Å². The first-order chi connectivity index (χ1) is 7.17. The zero-order valence-electron chi connectivity index (χ0n) is 8.78. The summed E-state index contributed by atoms with van der Waals surface area (Å²) in [4.78, 5) is 15.2. The number of hydrogen-bond donors (Lipinski definition) is 0. The van der Waals surface area contributed by atoms with Crippen LogP contribution in [0.5, 0.6) is 0 Å². The second-order valence-corrected chi connectivity index (χ2v) is 3.08. The van der Waals surface area contributed by atoms with Gasteiger partial charge < -0.3 is 4.74 Å². The number of ether oxygens (including phenoxy) is 1. The van der Waals surface area contributed by atoms with Gasteiger partial charge in [-0.15, -0.1) is 0 Å². The average Bonchev–Trinajstić information content (AvgIpc) is 2.21. The van der Waals surface area contributed by atoms with Gasteiger partial charge in [0.1, 0.15) is 0 Å². The first kappa shape index (κ1) is 11.2. The molecule has 0 atom stereocenters. The van der Waals surface area contributed by atoms with Crippen LogP contribution in [-0.2, 0) is 16.0 Å². The summed E-state index contributed by atoms with van der Waals surface area (Å²) in [6.45, 7) is 3.91. The van der Waals surface area contributed by atoms with Crippen LogP contribution in [0.2, 0.25) is 0 Å². The Hall–Kier alpha value is -1.89. The molecule has 0 radical (unpaired) electrons. The highest BCUT2D eigenvalue weighted by Crippen LogP contribution is 2.07. The molecule has 0 aliphatic rings. The fourth-order valence-electron chi connectivity index (χ4n) is 1.14. The van der Waals surface area contributed by atoms with E-state index in [0.29, 0.717) is 17.9 Å². The van der Waals surface area contributed by atoms with E-state index in [1.807, 2.05) is 6.07 Å². The summed E-state index contributed by atoms with van der Waals surface area (Å²) >= 11 is 0. The summed E-state index contributed by atoms with van der Waals surface area (Å²) in [5, 5.41) is 8.79. The highest BCUT2D eigenvalue weighted by Gasteiger charge is 2.07. The number of pyridine rings is 1. The first-order valence-corrected chi connectivity index (χ1v) is 4.68. The lowest BCUT2D eigenvalue weighted by Crippen LogP contribution is -2.09. The Morgan fingerprint density at radius 2 is 2.40 bits per heavy atom. The van der Waals surface area contributed by atoms with Gasteiger partial charge in [-0.3, -0.25) is 9.78 Å². The fourth-order valence-corrected chi connectivity index (χ4v) is 1.14. The fraction of sp³-hybridized carbons (Fsp3) is 0.364. The smallest absolute Gasteiger partial charge is 0.311 e. The molecule has 15 heavy (non-hydrogen) atoms. The predicted molar refractivity (Wildman–Crippen MR) is 54.0 cm³/mol. The van der Waals surface area contributed by atoms with Gasteiger partial charge in [-0.25, -0.2) is 0 Å². The molecule has 0 aliphatic heterocycles. The highest BCUT2D eigenvalue weighted by molar-refractivity contribution is 5.72. The Morgan fingerprint density at radius 1 is 1.67 bits per heavy atom. The molecule has 1 heterocycles. The second kappa shape index (κ2) is 5.11. The lowest BCUT2D eigenvalue weighted by molar-refractivity contribution is -0.142. The topological polar surface area (TPSA) is 63.0 Å². The van der Waals surface area contributed by atoms with Crippen LogP contribution in [0.4, 0.5) is 0 Å². The molecule has 0 amide bonds. The second-order valence-electron chi connectivity index (χ2n) is 3.08. The number of esters is 1. The van der Waals surface area contributed by atoms with E-state index in [2.05, 4.69) is 4.98 Å². The van der Waals surface area contributed by atoms with Crippen LogP contribution in [0.15, 0.2) is 12.3 Å². The number of carbonyl (C=O) groups excluding carboxylic acids is 1. The van der Waals surface area contributed by atoms with Gasteiger partial charge in [0.25, 0.3) is 0 Å². The van der Waals surface area contributed by atoms with E-state index in [-0.39, 0.29) is 12.4 Å². The maximum absolute atomic E-state index is 11.2. The van der Waals surface area contributed by atoms with Crippen molar-refractivity contribution in [2.24, 2.45) is 0 Å². The van der Waals surface area contributed by atoms with Crippen molar-refractivity contribution >= 4 is 5.97 Å². The predicted octanol–water partition coefficient (Wildman–Crippen LogP) is 1.37. The molecule has 4 heteroatoms. The van der Waals surface area contributed by atoms with Crippen molar-refractivity contribution in [2.45, 2.75) is 20.3 Å². The normalized spacial score (nSPS) is 9.40. The zero-order valence-corrected chi connectivity index (χ0v) is 8.78. The van der Waals surface area contributed by atoms with Crippen molar-refractivity contribution in [1.82, 2.24) is 4.98 Å². The van der Waals surface area contributed by atoms with Crippen LogP contribution in [0, 0.1) is 18.3 Å². The maximum atomic E-state index is 11.2. The monoisotopic (exact) mass is 204 g/mol. The van der Waals surface area contributed by atoms with Gasteiger partial charge in [0.2, 0.25) is 0 Å². The largest absolute Gasteiger partial charge is 0.466 e. The van der Waals surface area contributed by atoms with E-state index in [0.717, 1.165) is 5.56 Å². The number of aromatic nitrogens is 1. The van der Waals surface area contributed by atoms with E-state index in [1.165, 1.54) is 0 Å². The van der Waals surface area contributed by atoms with Gasteiger partial charge >= 0.3 is 5.97 Å². The van der Waals surface area contributed by atoms with Gasteiger partial charge in [0.15, 0.2) is 0 Å². The molecule has 78 valence electrons. The first-order valence-electron chi connectivity index (χ1n) is 4.68. The van der Waals surface area contributed by atoms with Gasteiger partial charge in [0, 0.05) is 6.20 Å².